The Hall–Kier alpha value is -2.31. The van der Waals surface area contributed by atoms with Gasteiger partial charge in [0.15, 0.2) is 10.9 Å². The zero-order valence-corrected chi connectivity index (χ0v) is 17.9. The van der Waals surface area contributed by atoms with Crippen molar-refractivity contribution in [2.75, 3.05) is 19.5 Å². The molecule has 6 heteroatoms. The van der Waals surface area contributed by atoms with Gasteiger partial charge in [-0.3, -0.25) is 4.79 Å². The first-order valence-corrected chi connectivity index (χ1v) is 10.3. The second-order valence-electron chi connectivity index (χ2n) is 7.02. The van der Waals surface area contributed by atoms with Crippen molar-refractivity contribution in [3.8, 4) is 11.3 Å². The molecule has 0 fully saturated rings. The minimum absolute atomic E-state index is 0.123. The molecule has 2 heterocycles. The maximum Gasteiger partial charge on any atom is 0.175 e. The monoisotopic (exact) mass is 397 g/mol. The van der Waals surface area contributed by atoms with Crippen molar-refractivity contribution in [2.24, 2.45) is 7.05 Å². The Morgan fingerprint density at radius 1 is 1.25 bits per heavy atom. The molecule has 1 aromatic carbocycles. The van der Waals surface area contributed by atoms with Gasteiger partial charge in [-0.15, -0.1) is 0 Å². The summed E-state index contributed by atoms with van der Waals surface area (Å²) in [5.74, 6) is 0.486. The number of Topliss-reactive ketones (excluding diaryl/α,β-unsaturated/α-hetero) is 1. The molecule has 0 aliphatic carbocycles. The van der Waals surface area contributed by atoms with Crippen molar-refractivity contribution in [2.45, 2.75) is 32.0 Å². The van der Waals surface area contributed by atoms with Crippen LogP contribution < -0.4 is 0 Å². The molecule has 0 radical (unpaired) electrons. The van der Waals surface area contributed by atoms with Crippen LogP contribution in [-0.4, -0.2) is 39.4 Å². The lowest BCUT2D eigenvalue weighted by atomic mass is 10.2. The lowest BCUT2D eigenvalue weighted by Crippen LogP contribution is -2.14. The van der Waals surface area contributed by atoms with E-state index in [1.165, 1.54) is 11.8 Å². The quantitative estimate of drug-likeness (QED) is 0.409. The predicted molar refractivity (Wildman–Crippen MR) is 114 cm³/mol. The standard InChI is InChI=1S/C22H27N3O2S/c1-15-11-19(17(3)25(15)16(2)13-27-5)21(26)14-28-22-23-12-20(24(22)4)18-9-7-6-8-10-18/h6-12,16H,13-14H2,1-5H3. The number of aryl methyl sites for hydroxylation is 1. The minimum Gasteiger partial charge on any atom is -0.383 e. The second kappa shape index (κ2) is 8.80. The van der Waals surface area contributed by atoms with E-state index in [9.17, 15) is 4.79 Å². The first kappa shape index (κ1) is 20.4. The molecular formula is C22H27N3O2S. The van der Waals surface area contributed by atoms with Crippen molar-refractivity contribution in [3.63, 3.8) is 0 Å². The summed E-state index contributed by atoms with van der Waals surface area (Å²) in [6.45, 7) is 6.76. The number of thioether (sulfide) groups is 1. The number of hydrogen-bond acceptors (Lipinski definition) is 4. The third kappa shape index (κ3) is 4.08. The van der Waals surface area contributed by atoms with E-state index in [1.807, 2.05) is 55.9 Å². The average molecular weight is 398 g/mol. The van der Waals surface area contributed by atoms with Crippen molar-refractivity contribution >= 4 is 17.5 Å². The fourth-order valence-corrected chi connectivity index (χ4v) is 4.50. The molecule has 1 unspecified atom stereocenters. The van der Waals surface area contributed by atoms with E-state index in [0.717, 1.165) is 33.4 Å². The zero-order valence-electron chi connectivity index (χ0n) is 17.1. The third-order valence-electron chi connectivity index (χ3n) is 4.98. The summed E-state index contributed by atoms with van der Waals surface area (Å²) in [5.41, 5.74) is 5.02. The topological polar surface area (TPSA) is 49.1 Å². The van der Waals surface area contributed by atoms with Crippen LogP contribution in [0.1, 0.15) is 34.7 Å². The molecular weight excluding hydrogens is 370 g/mol. The van der Waals surface area contributed by atoms with Crippen LogP contribution in [-0.2, 0) is 11.8 Å². The highest BCUT2D eigenvalue weighted by atomic mass is 32.2. The number of nitrogens with zero attached hydrogens (tertiary/aromatic N) is 3. The summed E-state index contributed by atoms with van der Waals surface area (Å²) in [6.07, 6.45) is 1.86. The van der Waals surface area contributed by atoms with Gasteiger partial charge in [-0.2, -0.15) is 0 Å². The molecule has 148 valence electrons. The van der Waals surface area contributed by atoms with Gasteiger partial charge in [0, 0.05) is 31.1 Å². The van der Waals surface area contributed by atoms with Crippen molar-refractivity contribution < 1.29 is 9.53 Å². The molecule has 0 N–H and O–H groups in total. The van der Waals surface area contributed by atoms with Gasteiger partial charge >= 0.3 is 0 Å². The first-order valence-electron chi connectivity index (χ1n) is 9.34. The predicted octanol–water partition coefficient (Wildman–Crippen LogP) is 4.69. The number of aromatic nitrogens is 3. The van der Waals surface area contributed by atoms with Crippen molar-refractivity contribution in [3.05, 3.63) is 59.5 Å². The van der Waals surface area contributed by atoms with Crippen LogP contribution in [0.4, 0.5) is 0 Å². The lowest BCUT2D eigenvalue weighted by molar-refractivity contribution is 0.102. The number of ketones is 1. The number of hydrogen-bond donors (Lipinski definition) is 0. The highest BCUT2D eigenvalue weighted by Crippen LogP contribution is 2.27. The van der Waals surface area contributed by atoms with Gasteiger partial charge in [-0.05, 0) is 32.4 Å². The summed E-state index contributed by atoms with van der Waals surface area (Å²) in [4.78, 5) is 17.4. The Morgan fingerprint density at radius 3 is 2.64 bits per heavy atom. The van der Waals surface area contributed by atoms with Crippen LogP contribution in [0.15, 0.2) is 47.8 Å². The van der Waals surface area contributed by atoms with Gasteiger partial charge in [0.25, 0.3) is 0 Å². The molecule has 5 nitrogen and oxygen atoms in total. The fourth-order valence-electron chi connectivity index (χ4n) is 3.67. The van der Waals surface area contributed by atoms with Crippen molar-refractivity contribution in [1.82, 2.24) is 14.1 Å². The number of carbonyl (C=O) groups is 1. The van der Waals surface area contributed by atoms with Gasteiger partial charge in [0.2, 0.25) is 0 Å². The zero-order chi connectivity index (χ0) is 20.3. The Labute approximate surface area is 170 Å². The highest BCUT2D eigenvalue weighted by molar-refractivity contribution is 7.99. The Balaban J connectivity index is 1.73. The molecule has 0 bridgehead atoms. The van der Waals surface area contributed by atoms with Gasteiger partial charge in [-0.25, -0.2) is 4.98 Å². The lowest BCUT2D eigenvalue weighted by Gasteiger charge is -2.17. The van der Waals surface area contributed by atoms with E-state index in [-0.39, 0.29) is 11.8 Å². The minimum atomic E-state index is 0.123. The average Bonchev–Trinajstić information content (AvgIpc) is 3.20. The van der Waals surface area contributed by atoms with Crippen molar-refractivity contribution in [1.29, 1.82) is 0 Å². The molecule has 0 saturated heterocycles. The van der Waals surface area contributed by atoms with E-state index >= 15 is 0 Å². The maximum absolute atomic E-state index is 12.9. The van der Waals surface area contributed by atoms with E-state index < -0.39 is 0 Å². The molecule has 0 aliphatic rings. The summed E-state index contributed by atoms with van der Waals surface area (Å²) < 4.78 is 9.49. The van der Waals surface area contributed by atoms with E-state index in [2.05, 4.69) is 28.6 Å². The molecule has 0 amide bonds. The molecule has 3 aromatic rings. The molecule has 0 aliphatic heterocycles. The van der Waals surface area contributed by atoms with Gasteiger partial charge in [0.05, 0.1) is 30.3 Å². The van der Waals surface area contributed by atoms with Crippen LogP contribution in [0.2, 0.25) is 0 Å². The second-order valence-corrected chi connectivity index (χ2v) is 7.96. The van der Waals surface area contributed by atoms with Crippen LogP contribution in [0.5, 0.6) is 0 Å². The van der Waals surface area contributed by atoms with E-state index in [4.69, 9.17) is 4.74 Å². The Morgan fingerprint density at radius 2 is 1.96 bits per heavy atom. The summed E-state index contributed by atoms with van der Waals surface area (Å²) >= 11 is 1.48. The van der Waals surface area contributed by atoms with Crippen LogP contribution in [0.3, 0.4) is 0 Å². The Bertz CT molecular complexity index is 960. The third-order valence-corrected chi connectivity index (χ3v) is 6.02. The number of ether oxygens (including phenoxy) is 1. The van der Waals surface area contributed by atoms with Gasteiger partial charge in [0.1, 0.15) is 0 Å². The van der Waals surface area contributed by atoms with Crippen LogP contribution in [0.25, 0.3) is 11.3 Å². The number of methoxy groups -OCH3 is 1. The van der Waals surface area contributed by atoms with Gasteiger partial charge in [-0.1, -0.05) is 42.1 Å². The Kier molecular flexibility index (Phi) is 6.42. The largest absolute Gasteiger partial charge is 0.383 e. The maximum atomic E-state index is 12.9. The number of benzene rings is 1. The molecule has 1 atom stereocenters. The van der Waals surface area contributed by atoms with E-state index in [0.29, 0.717) is 12.4 Å². The first-order chi connectivity index (χ1) is 13.4. The number of rotatable bonds is 8. The molecule has 0 spiro atoms. The van der Waals surface area contributed by atoms with E-state index in [1.54, 1.807) is 7.11 Å². The number of imidazole rings is 1. The smallest absolute Gasteiger partial charge is 0.175 e. The van der Waals surface area contributed by atoms with Gasteiger partial charge < -0.3 is 13.9 Å². The highest BCUT2D eigenvalue weighted by Gasteiger charge is 2.19. The summed E-state index contributed by atoms with van der Waals surface area (Å²) in [6, 6.07) is 12.3. The fraction of sp³-hybridized carbons (Fsp3) is 0.364. The van der Waals surface area contributed by atoms with Crippen LogP contribution in [0, 0.1) is 13.8 Å². The normalized spacial score (nSPS) is 12.3. The molecule has 2 aromatic heterocycles. The SMILES string of the molecule is COCC(C)n1c(C)cc(C(=O)CSc2ncc(-c3ccccc3)n2C)c1C. The molecule has 0 saturated carbocycles. The summed E-state index contributed by atoms with van der Waals surface area (Å²) in [7, 11) is 3.68. The molecule has 3 rings (SSSR count). The molecule has 28 heavy (non-hydrogen) atoms. The van der Waals surface area contributed by atoms with Crippen LogP contribution >= 0.6 is 11.8 Å². The number of carbonyl (C=O) groups excluding carboxylic acids is 1. The summed E-state index contributed by atoms with van der Waals surface area (Å²) in [5, 5.41) is 0.841.